The SMILES string of the molecule is NC=NC=NCCNc1ccc(NCc2ccccc2)cc1-c1cccs1. The number of hydrogen-bond donors (Lipinski definition) is 3. The summed E-state index contributed by atoms with van der Waals surface area (Å²) in [7, 11) is 0. The smallest absolute Gasteiger partial charge is 0.111 e. The summed E-state index contributed by atoms with van der Waals surface area (Å²) in [5, 5.41) is 9.06. The molecule has 5 nitrogen and oxygen atoms in total. The third-order valence-corrected chi connectivity index (χ3v) is 4.84. The van der Waals surface area contributed by atoms with E-state index in [1.54, 1.807) is 11.3 Å². The zero-order valence-electron chi connectivity index (χ0n) is 15.0. The zero-order chi connectivity index (χ0) is 18.7. The maximum atomic E-state index is 5.18. The van der Waals surface area contributed by atoms with Gasteiger partial charge in [0.15, 0.2) is 0 Å². The highest BCUT2D eigenvalue weighted by Gasteiger charge is 2.07. The Labute approximate surface area is 163 Å². The van der Waals surface area contributed by atoms with Gasteiger partial charge in [-0.05, 0) is 35.2 Å². The van der Waals surface area contributed by atoms with Crippen molar-refractivity contribution in [2.45, 2.75) is 6.54 Å². The number of hydrogen-bond acceptors (Lipinski definition) is 4. The molecule has 27 heavy (non-hydrogen) atoms. The van der Waals surface area contributed by atoms with Crippen LogP contribution >= 0.6 is 11.3 Å². The summed E-state index contributed by atoms with van der Waals surface area (Å²) < 4.78 is 0. The Morgan fingerprint density at radius 2 is 1.89 bits per heavy atom. The molecule has 0 atom stereocenters. The van der Waals surface area contributed by atoms with E-state index in [-0.39, 0.29) is 0 Å². The van der Waals surface area contributed by atoms with Gasteiger partial charge >= 0.3 is 0 Å². The van der Waals surface area contributed by atoms with Gasteiger partial charge in [0.25, 0.3) is 0 Å². The van der Waals surface area contributed by atoms with Crippen LogP contribution in [0.5, 0.6) is 0 Å². The van der Waals surface area contributed by atoms with E-state index >= 15 is 0 Å². The van der Waals surface area contributed by atoms with E-state index in [4.69, 9.17) is 5.73 Å². The summed E-state index contributed by atoms with van der Waals surface area (Å²) in [4.78, 5) is 9.17. The van der Waals surface area contributed by atoms with Crippen molar-refractivity contribution in [2.75, 3.05) is 23.7 Å². The van der Waals surface area contributed by atoms with Gasteiger partial charge in [-0.2, -0.15) is 0 Å². The van der Waals surface area contributed by atoms with Crippen molar-refractivity contribution < 1.29 is 0 Å². The first-order valence-electron chi connectivity index (χ1n) is 8.78. The van der Waals surface area contributed by atoms with Gasteiger partial charge in [0.05, 0.1) is 12.9 Å². The van der Waals surface area contributed by atoms with Gasteiger partial charge in [-0.25, -0.2) is 4.99 Å². The molecule has 1 heterocycles. The first-order valence-corrected chi connectivity index (χ1v) is 9.66. The summed E-state index contributed by atoms with van der Waals surface area (Å²) in [6.45, 7) is 2.16. The van der Waals surface area contributed by atoms with E-state index in [9.17, 15) is 0 Å². The minimum absolute atomic E-state index is 0.634. The van der Waals surface area contributed by atoms with Gasteiger partial charge in [-0.1, -0.05) is 36.4 Å². The zero-order valence-corrected chi connectivity index (χ0v) is 15.8. The molecule has 0 aliphatic rings. The van der Waals surface area contributed by atoms with Crippen LogP contribution in [0.3, 0.4) is 0 Å². The third kappa shape index (κ3) is 5.69. The van der Waals surface area contributed by atoms with E-state index in [1.807, 2.05) is 6.07 Å². The maximum absolute atomic E-state index is 5.18. The lowest BCUT2D eigenvalue weighted by molar-refractivity contribution is 1.03. The van der Waals surface area contributed by atoms with Crippen molar-refractivity contribution in [3.05, 3.63) is 71.6 Å². The number of benzene rings is 2. The second-order valence-corrected chi connectivity index (χ2v) is 6.77. The lowest BCUT2D eigenvalue weighted by Crippen LogP contribution is -2.06. The van der Waals surface area contributed by atoms with E-state index < -0.39 is 0 Å². The molecule has 0 aliphatic heterocycles. The molecular formula is C21H23N5S. The number of nitrogens with zero attached hydrogens (tertiary/aromatic N) is 2. The molecule has 2 aromatic carbocycles. The van der Waals surface area contributed by atoms with Gasteiger partial charge < -0.3 is 16.4 Å². The fourth-order valence-electron chi connectivity index (χ4n) is 2.64. The molecule has 0 unspecified atom stereocenters. The second kappa shape index (κ2) is 10.1. The van der Waals surface area contributed by atoms with Crippen LogP contribution in [0.2, 0.25) is 0 Å². The highest BCUT2D eigenvalue weighted by molar-refractivity contribution is 7.13. The minimum atomic E-state index is 0.634. The topological polar surface area (TPSA) is 74.8 Å². The first-order chi connectivity index (χ1) is 13.4. The minimum Gasteiger partial charge on any atom is -0.390 e. The Kier molecular flexibility index (Phi) is 7.00. The molecule has 0 aliphatic carbocycles. The monoisotopic (exact) mass is 377 g/mol. The Morgan fingerprint density at radius 3 is 2.67 bits per heavy atom. The van der Waals surface area contributed by atoms with Crippen molar-refractivity contribution in [1.82, 2.24) is 0 Å². The van der Waals surface area contributed by atoms with Crippen LogP contribution in [0.1, 0.15) is 5.56 Å². The molecule has 0 saturated carbocycles. The van der Waals surface area contributed by atoms with Crippen molar-refractivity contribution >= 4 is 35.4 Å². The predicted molar refractivity (Wildman–Crippen MR) is 118 cm³/mol. The van der Waals surface area contributed by atoms with Crippen molar-refractivity contribution in [2.24, 2.45) is 15.7 Å². The summed E-state index contributed by atoms with van der Waals surface area (Å²) >= 11 is 1.73. The summed E-state index contributed by atoms with van der Waals surface area (Å²) in [6, 6.07) is 21.0. The van der Waals surface area contributed by atoms with Gasteiger partial charge in [-0.3, -0.25) is 4.99 Å². The Bertz CT molecular complexity index is 873. The highest BCUT2D eigenvalue weighted by Crippen LogP contribution is 2.34. The molecule has 6 heteroatoms. The average molecular weight is 378 g/mol. The van der Waals surface area contributed by atoms with Crippen LogP contribution in [0.25, 0.3) is 10.4 Å². The highest BCUT2D eigenvalue weighted by atomic mass is 32.1. The molecule has 4 N–H and O–H groups in total. The van der Waals surface area contributed by atoms with Crippen molar-refractivity contribution in [3.8, 4) is 10.4 Å². The molecule has 1 aromatic heterocycles. The molecule has 3 aromatic rings. The number of anilines is 2. The van der Waals surface area contributed by atoms with Gasteiger partial charge in [0, 0.05) is 34.9 Å². The summed E-state index contributed by atoms with van der Waals surface area (Å²) in [5.74, 6) is 0. The molecule has 138 valence electrons. The van der Waals surface area contributed by atoms with Crippen LogP contribution in [0.4, 0.5) is 11.4 Å². The second-order valence-electron chi connectivity index (χ2n) is 5.82. The van der Waals surface area contributed by atoms with Gasteiger partial charge in [0.1, 0.15) is 6.34 Å². The summed E-state index contributed by atoms with van der Waals surface area (Å²) in [5.41, 5.74) is 9.83. The fourth-order valence-corrected chi connectivity index (χ4v) is 3.40. The number of rotatable bonds is 9. The standard InChI is InChI=1S/C21H23N5S/c22-15-24-16-23-10-11-25-20-9-8-18(13-19(20)21-7-4-12-27-21)26-14-17-5-2-1-3-6-17/h1-9,12-13,15-16,25-26H,10-11,14H2,(H2,22,23,24). The predicted octanol–water partition coefficient (Wildman–Crippen LogP) is 4.45. The van der Waals surface area contributed by atoms with Crippen LogP contribution < -0.4 is 16.4 Å². The van der Waals surface area contributed by atoms with Crippen molar-refractivity contribution in [1.29, 1.82) is 0 Å². The third-order valence-electron chi connectivity index (χ3n) is 3.94. The number of nitrogens with two attached hydrogens (primary N) is 1. The summed E-state index contributed by atoms with van der Waals surface area (Å²) in [6.07, 6.45) is 2.70. The van der Waals surface area contributed by atoms with Gasteiger partial charge in [-0.15, -0.1) is 11.3 Å². The van der Waals surface area contributed by atoms with Crippen molar-refractivity contribution in [3.63, 3.8) is 0 Å². The average Bonchev–Trinajstić information content (AvgIpc) is 3.25. The van der Waals surface area contributed by atoms with Crippen LogP contribution in [-0.4, -0.2) is 25.8 Å². The fraction of sp³-hybridized carbons (Fsp3) is 0.143. The van der Waals surface area contributed by atoms with E-state index in [1.165, 1.54) is 28.7 Å². The van der Waals surface area contributed by atoms with E-state index in [0.29, 0.717) is 6.54 Å². The number of thiophene rings is 1. The van der Waals surface area contributed by atoms with Crippen LogP contribution in [0, 0.1) is 0 Å². The van der Waals surface area contributed by atoms with Gasteiger partial charge in [0.2, 0.25) is 0 Å². The van der Waals surface area contributed by atoms with Crippen LogP contribution in [0.15, 0.2) is 76.0 Å². The molecule has 0 amide bonds. The molecule has 0 radical (unpaired) electrons. The molecular weight excluding hydrogens is 354 g/mol. The molecule has 0 bridgehead atoms. The molecule has 0 fully saturated rings. The normalized spacial score (nSPS) is 11.3. The first kappa shape index (κ1) is 18.7. The molecule has 0 saturated heterocycles. The lowest BCUT2D eigenvalue weighted by Gasteiger charge is -2.14. The van der Waals surface area contributed by atoms with Crippen LogP contribution in [-0.2, 0) is 6.54 Å². The van der Waals surface area contributed by atoms with E-state index in [2.05, 4.69) is 80.6 Å². The lowest BCUT2D eigenvalue weighted by atomic mass is 10.1. The Morgan fingerprint density at radius 1 is 1.00 bits per heavy atom. The Hall–Kier alpha value is -3.12. The quantitative estimate of drug-likeness (QED) is 0.293. The maximum Gasteiger partial charge on any atom is 0.111 e. The number of nitrogens with one attached hydrogen (secondary N) is 2. The number of aliphatic imine (C=N–C) groups is 2. The Balaban J connectivity index is 1.69. The molecule has 0 spiro atoms. The molecule has 3 rings (SSSR count). The largest absolute Gasteiger partial charge is 0.390 e. The van der Waals surface area contributed by atoms with E-state index in [0.717, 1.165) is 24.5 Å².